The molecule has 1 aromatic rings. The van der Waals surface area contributed by atoms with Crippen molar-refractivity contribution in [1.29, 1.82) is 0 Å². The van der Waals surface area contributed by atoms with Crippen molar-refractivity contribution in [3.05, 3.63) is 53.8 Å². The van der Waals surface area contributed by atoms with Gasteiger partial charge in [-0.3, -0.25) is 9.79 Å². The Hall–Kier alpha value is -2.21. The van der Waals surface area contributed by atoms with Crippen LogP contribution in [-0.2, 0) is 14.6 Å². The second kappa shape index (κ2) is 7.08. The van der Waals surface area contributed by atoms with Crippen LogP contribution >= 0.6 is 0 Å². The van der Waals surface area contributed by atoms with Crippen LogP contribution in [-0.4, -0.2) is 32.8 Å². The van der Waals surface area contributed by atoms with Crippen molar-refractivity contribution < 1.29 is 13.2 Å². The van der Waals surface area contributed by atoms with Gasteiger partial charge in [0.15, 0.2) is 9.84 Å². The molecule has 1 aliphatic carbocycles. The number of allylic oxidation sites excluding steroid dienone is 2. The summed E-state index contributed by atoms with van der Waals surface area (Å²) >= 11 is 0. The zero-order valence-electron chi connectivity index (χ0n) is 15.3. The van der Waals surface area contributed by atoms with E-state index in [1.54, 1.807) is 12.1 Å². The van der Waals surface area contributed by atoms with Crippen LogP contribution in [0.2, 0.25) is 0 Å². The van der Waals surface area contributed by atoms with Gasteiger partial charge in [-0.15, -0.1) is 0 Å². The Morgan fingerprint density at radius 1 is 1.26 bits per heavy atom. The Labute approximate surface area is 160 Å². The van der Waals surface area contributed by atoms with E-state index in [1.807, 2.05) is 24.4 Å². The summed E-state index contributed by atoms with van der Waals surface area (Å²) in [6, 6.07) is 7.17. The maximum absolute atomic E-state index is 11.8. The molecule has 0 amide bonds. The van der Waals surface area contributed by atoms with Gasteiger partial charge in [0.1, 0.15) is 11.9 Å². The molecule has 5 nitrogen and oxygen atoms in total. The van der Waals surface area contributed by atoms with E-state index in [2.05, 4.69) is 22.5 Å². The average molecular weight is 385 g/mol. The number of benzene rings is 1. The molecule has 0 aromatic heterocycles. The molecule has 1 aromatic carbocycles. The largest absolute Gasteiger partial charge is 0.366 e. The molecular formula is C21H24N2O3S. The van der Waals surface area contributed by atoms with Crippen molar-refractivity contribution >= 4 is 21.8 Å². The Balaban J connectivity index is 1.63. The number of carbonyl (C=O) groups excluding carboxylic acids is 1. The maximum Gasteiger partial charge on any atom is 0.175 e. The van der Waals surface area contributed by atoms with Crippen LogP contribution in [0, 0.1) is 11.8 Å². The predicted molar refractivity (Wildman–Crippen MR) is 105 cm³/mol. The molecule has 1 fully saturated rings. The highest BCUT2D eigenvalue weighted by atomic mass is 32.2. The summed E-state index contributed by atoms with van der Waals surface area (Å²) in [6.07, 6.45) is 12.6. The third-order valence-corrected chi connectivity index (χ3v) is 6.85. The van der Waals surface area contributed by atoms with Gasteiger partial charge in [-0.05, 0) is 42.5 Å². The number of nitrogens with one attached hydrogen (secondary N) is 1. The van der Waals surface area contributed by atoms with Gasteiger partial charge < -0.3 is 5.32 Å². The van der Waals surface area contributed by atoms with Crippen molar-refractivity contribution in [2.24, 2.45) is 16.8 Å². The van der Waals surface area contributed by atoms with Gasteiger partial charge in [-0.25, -0.2) is 8.42 Å². The average Bonchev–Trinajstić information content (AvgIpc) is 3.24. The molecule has 2 heterocycles. The molecule has 0 radical (unpaired) electrons. The first-order chi connectivity index (χ1) is 12.9. The van der Waals surface area contributed by atoms with Crippen LogP contribution in [0.1, 0.15) is 37.2 Å². The van der Waals surface area contributed by atoms with E-state index < -0.39 is 9.84 Å². The number of ketones is 1. The topological polar surface area (TPSA) is 75.6 Å². The smallest absolute Gasteiger partial charge is 0.175 e. The predicted octanol–water partition coefficient (Wildman–Crippen LogP) is 3.00. The van der Waals surface area contributed by atoms with Crippen molar-refractivity contribution in [2.75, 3.05) is 6.26 Å². The van der Waals surface area contributed by atoms with Crippen LogP contribution in [0.3, 0.4) is 0 Å². The van der Waals surface area contributed by atoms with Gasteiger partial charge in [-0.2, -0.15) is 0 Å². The van der Waals surface area contributed by atoms with Crippen LogP contribution in [0.4, 0.5) is 0 Å². The minimum Gasteiger partial charge on any atom is -0.366 e. The third-order valence-electron chi connectivity index (χ3n) is 5.72. The Bertz CT molecular complexity index is 929. The van der Waals surface area contributed by atoms with Crippen LogP contribution in [0.5, 0.6) is 0 Å². The second-order valence-electron chi connectivity index (χ2n) is 7.75. The van der Waals surface area contributed by atoms with Crippen molar-refractivity contribution in [3.63, 3.8) is 0 Å². The Morgan fingerprint density at radius 2 is 2.04 bits per heavy atom. The molecule has 0 spiro atoms. The standard InChI is InChI=1S/C21H24N2O3S/c1-27(25,26)18-8-5-15(6-9-18)19(12-14-4-7-17(24)11-14)20-13-16-3-2-10-22-21(16)23-20/h2-3,5-6,8-10,13-14,16,19,21,23H,4,7,11-12H2,1H3. The van der Waals surface area contributed by atoms with Crippen LogP contribution in [0.15, 0.2) is 58.1 Å². The Kier molecular flexibility index (Phi) is 4.76. The van der Waals surface area contributed by atoms with E-state index in [-0.39, 0.29) is 18.0 Å². The number of carbonyl (C=O) groups is 1. The molecule has 6 heteroatoms. The number of Topliss-reactive ketones (excluding diaryl/α,β-unsaturated/α-hetero) is 1. The molecule has 4 rings (SSSR count). The molecule has 142 valence electrons. The summed E-state index contributed by atoms with van der Waals surface area (Å²) in [5.41, 5.74) is 2.20. The Morgan fingerprint density at radius 3 is 2.67 bits per heavy atom. The number of hydrogen-bond acceptors (Lipinski definition) is 5. The first kappa shape index (κ1) is 18.2. The minimum absolute atomic E-state index is 0.0352. The molecule has 3 aliphatic rings. The lowest BCUT2D eigenvalue weighted by molar-refractivity contribution is -0.117. The molecule has 1 N–H and O–H groups in total. The van der Waals surface area contributed by atoms with Crippen molar-refractivity contribution in [1.82, 2.24) is 5.32 Å². The lowest BCUT2D eigenvalue weighted by Gasteiger charge is -2.24. The van der Waals surface area contributed by atoms with Gasteiger partial charge in [-0.1, -0.05) is 24.3 Å². The normalized spacial score (nSPS) is 28.0. The minimum atomic E-state index is -3.21. The zero-order chi connectivity index (χ0) is 19.0. The van der Waals surface area contributed by atoms with Crippen LogP contribution < -0.4 is 5.32 Å². The molecular weight excluding hydrogens is 360 g/mol. The summed E-state index contributed by atoms with van der Waals surface area (Å²) in [4.78, 5) is 16.6. The number of hydrogen-bond donors (Lipinski definition) is 1. The fourth-order valence-electron chi connectivity index (χ4n) is 4.26. The summed E-state index contributed by atoms with van der Waals surface area (Å²) in [7, 11) is -3.21. The molecule has 4 atom stereocenters. The molecule has 2 aliphatic heterocycles. The van der Waals surface area contributed by atoms with Crippen molar-refractivity contribution in [3.8, 4) is 0 Å². The summed E-state index contributed by atoms with van der Waals surface area (Å²) in [5.74, 6) is 1.08. The zero-order valence-corrected chi connectivity index (χ0v) is 16.2. The first-order valence-corrected chi connectivity index (χ1v) is 11.3. The fourth-order valence-corrected chi connectivity index (χ4v) is 4.89. The monoisotopic (exact) mass is 384 g/mol. The number of rotatable bonds is 5. The van der Waals surface area contributed by atoms with Gasteiger partial charge in [0.2, 0.25) is 0 Å². The van der Waals surface area contributed by atoms with E-state index in [4.69, 9.17) is 0 Å². The summed E-state index contributed by atoms with van der Waals surface area (Å²) in [5, 5.41) is 3.53. The summed E-state index contributed by atoms with van der Waals surface area (Å²) < 4.78 is 23.5. The van der Waals surface area contributed by atoms with Gasteiger partial charge >= 0.3 is 0 Å². The molecule has 27 heavy (non-hydrogen) atoms. The number of fused-ring (bicyclic) bond motifs is 1. The van der Waals surface area contributed by atoms with E-state index >= 15 is 0 Å². The first-order valence-electron chi connectivity index (χ1n) is 9.40. The SMILES string of the molecule is CS(=O)(=O)c1ccc(C(CC2CCC(=O)C2)C2=CC3C=CC=NC3N2)cc1. The van der Waals surface area contributed by atoms with Gasteiger partial charge in [0, 0.05) is 42.8 Å². The second-order valence-corrected chi connectivity index (χ2v) is 9.76. The molecule has 4 unspecified atom stereocenters. The molecule has 1 saturated carbocycles. The van der Waals surface area contributed by atoms with Gasteiger partial charge in [0.05, 0.1) is 4.90 Å². The van der Waals surface area contributed by atoms with E-state index in [0.29, 0.717) is 29.4 Å². The number of nitrogens with zero attached hydrogens (tertiary/aromatic N) is 1. The lowest BCUT2D eigenvalue weighted by Crippen LogP contribution is -2.29. The number of aliphatic imine (C=N–C) groups is 1. The highest BCUT2D eigenvalue weighted by molar-refractivity contribution is 7.90. The number of sulfone groups is 1. The fraction of sp³-hybridized carbons (Fsp3) is 0.429. The molecule has 0 bridgehead atoms. The quantitative estimate of drug-likeness (QED) is 0.847. The summed E-state index contributed by atoms with van der Waals surface area (Å²) in [6.45, 7) is 0. The van der Waals surface area contributed by atoms with Crippen LogP contribution in [0.25, 0.3) is 0 Å². The van der Waals surface area contributed by atoms with E-state index in [1.165, 1.54) is 6.26 Å². The lowest BCUT2D eigenvalue weighted by atomic mass is 9.85. The third kappa shape index (κ3) is 3.90. The highest BCUT2D eigenvalue weighted by Gasteiger charge is 2.33. The number of dihydropyridines is 1. The van der Waals surface area contributed by atoms with E-state index in [9.17, 15) is 13.2 Å². The van der Waals surface area contributed by atoms with Crippen molar-refractivity contribution in [2.45, 2.75) is 42.7 Å². The van der Waals surface area contributed by atoms with E-state index in [0.717, 1.165) is 24.1 Å². The van der Waals surface area contributed by atoms with Gasteiger partial charge in [0.25, 0.3) is 0 Å². The maximum atomic E-state index is 11.8. The highest BCUT2D eigenvalue weighted by Crippen LogP contribution is 2.39. The molecule has 0 saturated heterocycles.